The first-order valence-electron chi connectivity index (χ1n) is 6.88. The van der Waals surface area contributed by atoms with Gasteiger partial charge in [-0.2, -0.15) is 8.42 Å². The van der Waals surface area contributed by atoms with Crippen molar-refractivity contribution in [2.45, 2.75) is 64.9 Å². The molecule has 118 valence electrons. The predicted molar refractivity (Wildman–Crippen MR) is 75.3 cm³/mol. The maximum absolute atomic E-state index is 11.3. The molecule has 0 saturated carbocycles. The Hall–Kier alpha value is -0.920. The number of unbranched alkanes of at least 4 members (excludes halogenated alkanes) is 6. The van der Waals surface area contributed by atoms with E-state index < -0.39 is 22.5 Å². The summed E-state index contributed by atoms with van der Waals surface area (Å²) in [5, 5.41) is 0. The molecular weight excluding hydrogens is 284 g/mol. The van der Waals surface area contributed by atoms with Gasteiger partial charge in [-0.1, -0.05) is 39.0 Å². The number of rotatable bonds is 11. The molecule has 0 radical (unpaired) electrons. The van der Waals surface area contributed by atoms with E-state index in [1.165, 1.54) is 38.9 Å². The van der Waals surface area contributed by atoms with Gasteiger partial charge in [0.05, 0.1) is 6.26 Å². The first-order chi connectivity index (χ1) is 9.37. The van der Waals surface area contributed by atoms with E-state index in [0.717, 1.165) is 19.3 Å². The van der Waals surface area contributed by atoms with Crippen molar-refractivity contribution in [1.29, 1.82) is 0 Å². The van der Waals surface area contributed by atoms with Crippen molar-refractivity contribution >= 4 is 16.4 Å². The zero-order valence-corrected chi connectivity index (χ0v) is 12.9. The average molecular weight is 308 g/mol. The lowest BCUT2D eigenvalue weighted by Gasteiger charge is -2.06. The fraction of sp³-hybridized carbons (Fsp3) is 0.769. The van der Waals surface area contributed by atoms with Gasteiger partial charge >= 0.3 is 16.4 Å². The number of carbonyl (C=O) groups excluding carboxylic acids is 1. The van der Waals surface area contributed by atoms with Crippen LogP contribution in [0.1, 0.15) is 58.8 Å². The Morgan fingerprint density at radius 3 is 2.40 bits per heavy atom. The third kappa shape index (κ3) is 12.1. The van der Waals surface area contributed by atoms with E-state index in [-0.39, 0.29) is 0 Å². The molecule has 0 aromatic rings. The summed E-state index contributed by atoms with van der Waals surface area (Å²) in [7, 11) is -4.64. The van der Waals surface area contributed by atoms with Gasteiger partial charge in [0.25, 0.3) is 0 Å². The van der Waals surface area contributed by atoms with Crippen molar-refractivity contribution in [1.82, 2.24) is 0 Å². The summed E-state index contributed by atoms with van der Waals surface area (Å²) in [6.45, 7) is 3.35. The van der Waals surface area contributed by atoms with Crippen LogP contribution in [-0.4, -0.2) is 25.0 Å². The van der Waals surface area contributed by atoms with Gasteiger partial charge in [0.2, 0.25) is 0 Å². The molecule has 20 heavy (non-hydrogen) atoms. The Morgan fingerprint density at radius 1 is 1.20 bits per heavy atom. The molecule has 1 atom stereocenters. The maximum atomic E-state index is 11.3. The average Bonchev–Trinajstić information content (AvgIpc) is 2.34. The highest BCUT2D eigenvalue weighted by atomic mass is 32.3. The lowest BCUT2D eigenvalue weighted by molar-refractivity contribution is -0.145. The van der Waals surface area contributed by atoms with Crippen LogP contribution < -0.4 is 0 Å². The number of ether oxygens (including phenoxy) is 1. The van der Waals surface area contributed by atoms with Crippen LogP contribution >= 0.6 is 0 Å². The molecule has 7 heteroatoms. The Labute approximate surface area is 121 Å². The number of carbonyl (C=O) groups is 1. The smallest absolute Gasteiger partial charge is 0.398 e. The zero-order chi connectivity index (χ0) is 15.4. The molecule has 0 aliphatic rings. The lowest BCUT2D eigenvalue weighted by Crippen LogP contribution is -2.24. The van der Waals surface area contributed by atoms with Gasteiger partial charge in [0.15, 0.2) is 6.10 Å². The molecule has 0 spiro atoms. The molecule has 0 amide bonds. The van der Waals surface area contributed by atoms with Gasteiger partial charge in [0, 0.05) is 0 Å². The van der Waals surface area contributed by atoms with Crippen LogP contribution in [0.2, 0.25) is 0 Å². The van der Waals surface area contributed by atoms with E-state index in [1.807, 2.05) is 0 Å². The Bertz CT molecular complexity index is 388. The van der Waals surface area contributed by atoms with Crippen LogP contribution in [0, 0.1) is 0 Å². The van der Waals surface area contributed by atoms with E-state index in [0.29, 0.717) is 0 Å². The van der Waals surface area contributed by atoms with Crippen molar-refractivity contribution < 1.29 is 26.7 Å². The Balaban J connectivity index is 3.66. The first-order valence-corrected chi connectivity index (χ1v) is 8.24. The zero-order valence-electron chi connectivity index (χ0n) is 12.1. The second kappa shape index (κ2) is 10.8. The van der Waals surface area contributed by atoms with Crippen LogP contribution in [0.3, 0.4) is 0 Å². The second-order valence-corrected chi connectivity index (χ2v) is 5.58. The molecule has 1 unspecified atom stereocenters. The number of esters is 1. The van der Waals surface area contributed by atoms with Crippen molar-refractivity contribution in [3.8, 4) is 0 Å². The molecule has 1 N–H and O–H groups in total. The highest BCUT2D eigenvalue weighted by molar-refractivity contribution is 7.80. The monoisotopic (exact) mass is 308 g/mol. The normalized spacial score (nSPS) is 13.6. The van der Waals surface area contributed by atoms with Crippen LogP contribution in [0.5, 0.6) is 0 Å². The van der Waals surface area contributed by atoms with Crippen molar-refractivity contribution in [2.24, 2.45) is 0 Å². The molecule has 0 bridgehead atoms. The van der Waals surface area contributed by atoms with Crippen LogP contribution in [-0.2, 0) is 24.1 Å². The topological polar surface area (TPSA) is 89.9 Å². The summed E-state index contributed by atoms with van der Waals surface area (Å²) in [5.74, 6) is -0.873. The maximum Gasteiger partial charge on any atom is 0.398 e. The molecule has 0 aliphatic heterocycles. The summed E-state index contributed by atoms with van der Waals surface area (Å²) >= 11 is 0. The predicted octanol–water partition coefficient (Wildman–Crippen LogP) is 3.00. The minimum atomic E-state index is -4.64. The van der Waals surface area contributed by atoms with Gasteiger partial charge in [-0.15, -0.1) is 0 Å². The lowest BCUT2D eigenvalue weighted by atomic mass is 10.1. The largest absolute Gasteiger partial charge is 0.433 e. The first kappa shape index (κ1) is 19.1. The van der Waals surface area contributed by atoms with Crippen LogP contribution in [0.4, 0.5) is 0 Å². The highest BCUT2D eigenvalue weighted by Crippen LogP contribution is 2.07. The summed E-state index contributed by atoms with van der Waals surface area (Å²) < 4.78 is 37.9. The minimum absolute atomic E-state index is 0.799. The van der Waals surface area contributed by atoms with Crippen molar-refractivity contribution in [3.05, 3.63) is 12.3 Å². The van der Waals surface area contributed by atoms with E-state index in [1.54, 1.807) is 6.08 Å². The molecular formula is C13H24O6S. The van der Waals surface area contributed by atoms with Gasteiger partial charge in [-0.05, 0) is 25.8 Å². The fourth-order valence-corrected chi connectivity index (χ4v) is 1.99. The molecule has 0 aliphatic carbocycles. The Morgan fingerprint density at radius 2 is 1.80 bits per heavy atom. The van der Waals surface area contributed by atoms with Crippen LogP contribution in [0.15, 0.2) is 12.3 Å². The van der Waals surface area contributed by atoms with Gasteiger partial charge < -0.3 is 4.74 Å². The van der Waals surface area contributed by atoms with Gasteiger partial charge in [-0.25, -0.2) is 8.98 Å². The molecule has 6 nitrogen and oxygen atoms in total. The van der Waals surface area contributed by atoms with Gasteiger partial charge in [0.1, 0.15) is 0 Å². The van der Waals surface area contributed by atoms with E-state index in [4.69, 9.17) is 4.55 Å². The minimum Gasteiger partial charge on any atom is -0.433 e. The fourth-order valence-electron chi connectivity index (χ4n) is 1.54. The van der Waals surface area contributed by atoms with E-state index >= 15 is 0 Å². The second-order valence-electron chi connectivity index (χ2n) is 4.53. The number of hydrogen-bond acceptors (Lipinski definition) is 5. The summed E-state index contributed by atoms with van der Waals surface area (Å²) in [6.07, 6.45) is 9.46. The van der Waals surface area contributed by atoms with E-state index in [9.17, 15) is 13.2 Å². The molecule has 0 heterocycles. The van der Waals surface area contributed by atoms with Crippen molar-refractivity contribution in [3.63, 3.8) is 0 Å². The quantitative estimate of drug-likeness (QED) is 0.273. The summed E-state index contributed by atoms with van der Waals surface area (Å²) in [6, 6.07) is 0. The standard InChI is InChI=1S/C13H24O6S/c1-3-4-5-6-7-8-9-10-11-18-13(14)12(2)19-20(15,16)17/h10-12H,3-9H2,1-2H3,(H,15,16,17). The molecule has 0 fully saturated rings. The van der Waals surface area contributed by atoms with Gasteiger partial charge in [-0.3, -0.25) is 4.55 Å². The molecule has 0 aromatic carbocycles. The van der Waals surface area contributed by atoms with Crippen LogP contribution in [0.25, 0.3) is 0 Å². The third-order valence-electron chi connectivity index (χ3n) is 2.60. The molecule has 0 rings (SSSR count). The Kier molecular flexibility index (Phi) is 10.3. The SMILES string of the molecule is CCCCCCCCC=COC(=O)C(C)OS(=O)(=O)O. The molecule has 0 saturated heterocycles. The van der Waals surface area contributed by atoms with Crippen molar-refractivity contribution in [2.75, 3.05) is 0 Å². The van der Waals surface area contributed by atoms with E-state index in [2.05, 4.69) is 15.8 Å². The highest BCUT2D eigenvalue weighted by Gasteiger charge is 2.20. The summed E-state index contributed by atoms with van der Waals surface area (Å²) in [5.41, 5.74) is 0. The third-order valence-corrected chi connectivity index (χ3v) is 3.13. The number of allylic oxidation sites excluding steroid dienone is 1. The number of hydrogen-bond donors (Lipinski definition) is 1. The molecule has 0 aromatic heterocycles. The summed E-state index contributed by atoms with van der Waals surface area (Å²) in [4.78, 5) is 11.3.